The number of benzene rings is 2. The summed E-state index contributed by atoms with van der Waals surface area (Å²) in [4.78, 5) is 12.4. The van der Waals surface area contributed by atoms with Gasteiger partial charge < -0.3 is 59.8 Å². The van der Waals surface area contributed by atoms with Gasteiger partial charge in [0.1, 0.15) is 47.3 Å². The van der Waals surface area contributed by atoms with E-state index in [0.717, 1.165) is 6.07 Å². The van der Waals surface area contributed by atoms with Crippen molar-refractivity contribution >= 4 is 11.9 Å². The molecule has 2 aliphatic heterocycles. The van der Waals surface area contributed by atoms with Crippen molar-refractivity contribution in [3.05, 3.63) is 59.7 Å². The second-order valence-electron chi connectivity index (χ2n) is 9.28. The maximum absolute atomic E-state index is 12.4. The zero-order valence-electron chi connectivity index (χ0n) is 20.5. The predicted octanol–water partition coefficient (Wildman–Crippen LogP) is -1.36. The predicted molar refractivity (Wildman–Crippen MR) is 131 cm³/mol. The van der Waals surface area contributed by atoms with Gasteiger partial charge in [-0.25, -0.2) is 0 Å². The Morgan fingerprint density at radius 2 is 1.74 bits per heavy atom. The number of phenols is 2. The van der Waals surface area contributed by atoms with E-state index in [0.29, 0.717) is 5.56 Å². The van der Waals surface area contributed by atoms with Gasteiger partial charge in [0.05, 0.1) is 25.4 Å². The van der Waals surface area contributed by atoms with Crippen molar-refractivity contribution < 1.29 is 64.6 Å². The molecule has 0 amide bonds. The molecule has 39 heavy (non-hydrogen) atoms. The van der Waals surface area contributed by atoms with Gasteiger partial charge in [-0.3, -0.25) is 4.79 Å². The molecule has 0 aromatic heterocycles. The number of carbonyl (C=O) groups excluding carboxylic acids is 1. The van der Waals surface area contributed by atoms with Crippen molar-refractivity contribution in [3.63, 3.8) is 0 Å². The lowest BCUT2D eigenvalue weighted by Crippen LogP contribution is -2.62. The SMILES string of the molecule is O=C(/C=C/c1ccc(O[C@@H]2O[C@H](CO)[C@@H](O)[C@H](O)[C@H]2O[C@H]2OC[C@@](O)(CO)[C@@H]2O)cc1)c1ccc(O)cc1O. The van der Waals surface area contributed by atoms with Gasteiger partial charge in [0, 0.05) is 6.07 Å². The molecule has 13 heteroatoms. The highest BCUT2D eigenvalue weighted by Crippen LogP contribution is 2.32. The van der Waals surface area contributed by atoms with Crippen LogP contribution < -0.4 is 4.74 Å². The molecule has 2 saturated heterocycles. The largest absolute Gasteiger partial charge is 0.508 e. The highest BCUT2D eigenvalue weighted by Gasteiger charge is 2.53. The molecular formula is C26H30O13. The minimum Gasteiger partial charge on any atom is -0.508 e. The van der Waals surface area contributed by atoms with Crippen molar-refractivity contribution in [2.75, 3.05) is 19.8 Å². The van der Waals surface area contributed by atoms with E-state index in [1.54, 1.807) is 12.1 Å². The third-order valence-electron chi connectivity index (χ3n) is 6.50. The number of aromatic hydroxyl groups is 2. The van der Waals surface area contributed by atoms with E-state index in [2.05, 4.69) is 0 Å². The minimum absolute atomic E-state index is 0.0115. The van der Waals surface area contributed by atoms with Gasteiger partial charge in [-0.1, -0.05) is 18.2 Å². The van der Waals surface area contributed by atoms with Crippen LogP contribution in [0.5, 0.6) is 17.2 Å². The van der Waals surface area contributed by atoms with E-state index >= 15 is 0 Å². The Balaban J connectivity index is 1.46. The number of hydrogen-bond acceptors (Lipinski definition) is 13. The number of allylic oxidation sites excluding steroid dienone is 1. The summed E-state index contributed by atoms with van der Waals surface area (Å²) in [7, 11) is 0. The van der Waals surface area contributed by atoms with Gasteiger partial charge in [-0.15, -0.1) is 0 Å². The normalized spacial score (nSPS) is 32.9. The van der Waals surface area contributed by atoms with Gasteiger partial charge in [-0.05, 0) is 35.9 Å². The van der Waals surface area contributed by atoms with Crippen molar-refractivity contribution in [1.82, 2.24) is 0 Å². The van der Waals surface area contributed by atoms with Crippen molar-refractivity contribution in [2.45, 2.75) is 48.7 Å². The van der Waals surface area contributed by atoms with Crippen LogP contribution in [0, 0.1) is 0 Å². The van der Waals surface area contributed by atoms with E-state index < -0.39 is 74.3 Å². The monoisotopic (exact) mass is 550 g/mol. The van der Waals surface area contributed by atoms with Gasteiger partial charge in [-0.2, -0.15) is 0 Å². The quantitative estimate of drug-likeness (QED) is 0.134. The number of aliphatic hydroxyl groups is 6. The molecule has 8 N–H and O–H groups in total. The van der Waals surface area contributed by atoms with Crippen LogP contribution in [0.15, 0.2) is 48.5 Å². The van der Waals surface area contributed by atoms with Crippen LogP contribution >= 0.6 is 0 Å². The lowest BCUT2D eigenvalue weighted by molar-refractivity contribution is -0.318. The molecule has 2 aromatic rings. The lowest BCUT2D eigenvalue weighted by atomic mass is 9.98. The third kappa shape index (κ3) is 6.22. The molecule has 0 bridgehead atoms. The Kier molecular flexibility index (Phi) is 8.86. The summed E-state index contributed by atoms with van der Waals surface area (Å²) in [6.45, 7) is -1.91. The second-order valence-corrected chi connectivity index (χ2v) is 9.28. The highest BCUT2D eigenvalue weighted by molar-refractivity contribution is 6.08. The summed E-state index contributed by atoms with van der Waals surface area (Å²) in [6.07, 6.45) is -7.74. The molecule has 0 radical (unpaired) electrons. The standard InChI is InChI=1S/C26H30O13/c27-10-19-20(32)21(33)22(39-25-23(34)26(35,11-28)12-36-25)24(38-19)37-15-5-1-13(2-6-15)3-8-17(30)16-7-4-14(29)9-18(16)31/h1-9,19-25,27-29,31-35H,10-12H2/b8-3+/t19-,20-,21+,22-,23-,24-,25-,26+/m1/s1. The number of ketones is 1. The number of rotatable bonds is 9. The summed E-state index contributed by atoms with van der Waals surface area (Å²) < 4.78 is 22.2. The zero-order chi connectivity index (χ0) is 28.3. The zero-order valence-corrected chi connectivity index (χ0v) is 20.5. The number of aliphatic hydroxyl groups excluding tert-OH is 5. The maximum atomic E-state index is 12.4. The van der Waals surface area contributed by atoms with Crippen LogP contribution in [0.4, 0.5) is 0 Å². The number of ether oxygens (including phenoxy) is 4. The molecule has 2 heterocycles. The molecule has 0 aliphatic carbocycles. The van der Waals surface area contributed by atoms with Crippen molar-refractivity contribution in [2.24, 2.45) is 0 Å². The Morgan fingerprint density at radius 1 is 1.03 bits per heavy atom. The molecule has 2 aliphatic rings. The first-order valence-electron chi connectivity index (χ1n) is 12.0. The van der Waals surface area contributed by atoms with E-state index in [4.69, 9.17) is 18.9 Å². The first-order valence-corrected chi connectivity index (χ1v) is 12.0. The maximum Gasteiger partial charge on any atom is 0.229 e. The van der Waals surface area contributed by atoms with Gasteiger partial charge >= 0.3 is 0 Å². The second kappa shape index (κ2) is 12.0. The molecule has 2 aromatic carbocycles. The van der Waals surface area contributed by atoms with Crippen LogP contribution in [0.1, 0.15) is 15.9 Å². The number of phenolic OH excluding ortho intramolecular Hbond substituents is 2. The highest BCUT2D eigenvalue weighted by atomic mass is 16.8. The molecule has 4 rings (SSSR count). The topological polar surface area (TPSA) is 216 Å². The van der Waals surface area contributed by atoms with Crippen molar-refractivity contribution in [1.29, 1.82) is 0 Å². The lowest BCUT2D eigenvalue weighted by Gasteiger charge is -2.42. The summed E-state index contributed by atoms with van der Waals surface area (Å²) in [5, 5.41) is 79.6. The number of carbonyl (C=O) groups is 1. The summed E-state index contributed by atoms with van der Waals surface area (Å²) >= 11 is 0. The van der Waals surface area contributed by atoms with Crippen LogP contribution in [0.2, 0.25) is 0 Å². The van der Waals surface area contributed by atoms with E-state index in [-0.39, 0.29) is 22.8 Å². The Bertz CT molecular complexity index is 1170. The summed E-state index contributed by atoms with van der Waals surface area (Å²) in [5.74, 6) is -0.810. The minimum atomic E-state index is -1.99. The fraction of sp³-hybridized carbons (Fsp3) is 0.423. The number of hydrogen-bond donors (Lipinski definition) is 8. The molecular weight excluding hydrogens is 520 g/mol. The Labute approximate surface area is 222 Å². The van der Waals surface area contributed by atoms with Gasteiger partial charge in [0.2, 0.25) is 6.29 Å². The average Bonchev–Trinajstić information content (AvgIpc) is 3.21. The Morgan fingerprint density at radius 3 is 2.36 bits per heavy atom. The molecule has 0 spiro atoms. The van der Waals surface area contributed by atoms with Crippen LogP contribution in [0.3, 0.4) is 0 Å². The van der Waals surface area contributed by atoms with Gasteiger partial charge in [0.25, 0.3) is 0 Å². The van der Waals surface area contributed by atoms with E-state index in [1.807, 2.05) is 0 Å². The Hall–Kier alpha value is -3.11. The smallest absolute Gasteiger partial charge is 0.229 e. The first-order chi connectivity index (χ1) is 18.6. The molecule has 13 nitrogen and oxygen atoms in total. The van der Waals surface area contributed by atoms with Crippen LogP contribution in [-0.4, -0.2) is 115 Å². The summed E-state index contributed by atoms with van der Waals surface area (Å²) in [5.41, 5.74) is -1.39. The fourth-order valence-corrected chi connectivity index (χ4v) is 4.14. The van der Waals surface area contributed by atoms with E-state index in [9.17, 15) is 45.6 Å². The molecule has 8 atom stereocenters. The molecule has 212 valence electrons. The van der Waals surface area contributed by atoms with Crippen molar-refractivity contribution in [3.8, 4) is 17.2 Å². The fourth-order valence-electron chi connectivity index (χ4n) is 4.14. The molecule has 0 unspecified atom stereocenters. The third-order valence-corrected chi connectivity index (χ3v) is 6.50. The van der Waals surface area contributed by atoms with Crippen LogP contribution in [-0.2, 0) is 14.2 Å². The summed E-state index contributed by atoms with van der Waals surface area (Å²) in [6, 6.07) is 9.84. The van der Waals surface area contributed by atoms with Crippen LogP contribution in [0.25, 0.3) is 6.08 Å². The molecule has 2 fully saturated rings. The van der Waals surface area contributed by atoms with Gasteiger partial charge in [0.15, 0.2) is 18.2 Å². The van der Waals surface area contributed by atoms with E-state index in [1.165, 1.54) is 36.4 Å². The molecule has 0 saturated carbocycles. The first kappa shape index (κ1) is 28.9. The average molecular weight is 551 g/mol.